The summed E-state index contributed by atoms with van der Waals surface area (Å²) in [6.45, 7) is 1.54. The highest BCUT2D eigenvalue weighted by molar-refractivity contribution is 5.92. The minimum Gasteiger partial charge on any atom is -0.406 e. The summed E-state index contributed by atoms with van der Waals surface area (Å²) in [4.78, 5) is 13.8. The fourth-order valence-electron chi connectivity index (χ4n) is 2.46. The van der Waals surface area contributed by atoms with Gasteiger partial charge in [0.15, 0.2) is 0 Å². The normalized spacial score (nSPS) is 16.5. The Balaban J connectivity index is 1.90. The van der Waals surface area contributed by atoms with Gasteiger partial charge >= 0.3 is 6.36 Å². The van der Waals surface area contributed by atoms with Crippen LogP contribution in [-0.2, 0) is 16.1 Å². The number of hydrogen-bond donors (Lipinski definition) is 3. The van der Waals surface area contributed by atoms with Gasteiger partial charge in [0.25, 0.3) is 5.91 Å². The van der Waals surface area contributed by atoms with E-state index in [2.05, 4.69) is 10.1 Å². The Kier molecular flexibility index (Phi) is 7.56. The van der Waals surface area contributed by atoms with Gasteiger partial charge < -0.3 is 31.2 Å². The van der Waals surface area contributed by atoms with Gasteiger partial charge in [-0.3, -0.25) is 4.79 Å². The average molecular weight is 400 g/mol. The van der Waals surface area contributed by atoms with E-state index >= 15 is 0 Å². The molecule has 0 spiro atoms. The fourth-order valence-corrected chi connectivity index (χ4v) is 2.46. The molecule has 0 saturated carbocycles. The second-order valence-electron chi connectivity index (χ2n) is 6.11. The van der Waals surface area contributed by atoms with Crippen molar-refractivity contribution >= 4 is 5.91 Å². The van der Waals surface area contributed by atoms with Gasteiger partial charge in [-0.2, -0.15) is 0 Å². The van der Waals surface area contributed by atoms with E-state index in [1.165, 1.54) is 35.3 Å². The molecule has 1 aliphatic heterocycles. The van der Waals surface area contributed by atoms with Crippen LogP contribution in [0.5, 0.6) is 5.75 Å². The number of nitrogens with two attached hydrogens (primary N) is 2. The summed E-state index contributed by atoms with van der Waals surface area (Å²) in [6, 6.07) is 5.52. The molecule has 0 unspecified atom stereocenters. The van der Waals surface area contributed by atoms with Crippen molar-refractivity contribution in [2.24, 2.45) is 11.5 Å². The maximum Gasteiger partial charge on any atom is 0.573 e. The SMILES string of the molecule is N/C(=C\C=C(/N)NCc1cccc(OC(F)(F)F)c1)C(=O)N1CCCCOC1. The molecule has 1 saturated heterocycles. The first kappa shape index (κ1) is 21.4. The van der Waals surface area contributed by atoms with Gasteiger partial charge in [0.2, 0.25) is 0 Å². The molecule has 5 N–H and O–H groups in total. The molecule has 2 rings (SSSR count). The number of halogens is 3. The van der Waals surface area contributed by atoms with Crippen LogP contribution in [0, 0.1) is 0 Å². The summed E-state index contributed by atoms with van der Waals surface area (Å²) in [5.74, 6) is -0.461. The van der Waals surface area contributed by atoms with E-state index < -0.39 is 6.36 Å². The van der Waals surface area contributed by atoms with Crippen molar-refractivity contribution in [1.29, 1.82) is 0 Å². The van der Waals surface area contributed by atoms with Gasteiger partial charge in [-0.25, -0.2) is 0 Å². The molecule has 0 atom stereocenters. The summed E-state index contributed by atoms with van der Waals surface area (Å²) < 4.78 is 46.0. The largest absolute Gasteiger partial charge is 0.573 e. The zero-order chi connectivity index (χ0) is 20.6. The quantitative estimate of drug-likeness (QED) is 0.498. The minimum atomic E-state index is -4.75. The molecule has 1 aromatic carbocycles. The number of nitrogens with one attached hydrogen (secondary N) is 1. The second-order valence-corrected chi connectivity index (χ2v) is 6.11. The lowest BCUT2D eigenvalue weighted by Crippen LogP contribution is -2.36. The maximum absolute atomic E-state index is 12.3. The Labute approximate surface area is 160 Å². The summed E-state index contributed by atoms with van der Waals surface area (Å²) in [5.41, 5.74) is 12.1. The van der Waals surface area contributed by atoms with Crippen molar-refractivity contribution in [1.82, 2.24) is 10.2 Å². The summed E-state index contributed by atoms with van der Waals surface area (Å²) in [7, 11) is 0. The molecule has 0 radical (unpaired) electrons. The average Bonchev–Trinajstić information content (AvgIpc) is 2.92. The third-order valence-corrected chi connectivity index (χ3v) is 3.82. The van der Waals surface area contributed by atoms with Crippen LogP contribution < -0.4 is 21.5 Å². The predicted molar refractivity (Wildman–Crippen MR) is 96.3 cm³/mol. The number of allylic oxidation sites excluding steroid dienone is 2. The number of carbonyl (C=O) groups excluding carboxylic acids is 1. The molecule has 1 heterocycles. The zero-order valence-electron chi connectivity index (χ0n) is 15.2. The molecule has 0 bridgehead atoms. The second kappa shape index (κ2) is 9.88. The van der Waals surface area contributed by atoms with Gasteiger partial charge in [-0.05, 0) is 42.7 Å². The first-order valence-electron chi connectivity index (χ1n) is 8.63. The molecule has 1 aliphatic rings. The smallest absolute Gasteiger partial charge is 0.406 e. The molecule has 1 aromatic rings. The van der Waals surface area contributed by atoms with E-state index in [9.17, 15) is 18.0 Å². The van der Waals surface area contributed by atoms with Gasteiger partial charge in [0, 0.05) is 19.7 Å². The summed E-state index contributed by atoms with van der Waals surface area (Å²) in [6.07, 6.45) is -0.228. The molecular formula is C18H23F3N4O3. The standard InChI is InChI=1S/C18H23F3N4O3/c19-18(20,21)28-14-5-3-4-13(10-14)11-24-16(23)7-6-15(22)17(26)25-8-1-2-9-27-12-25/h3-7,10,24H,1-2,8-9,11-12,22-23H2/b15-6-,16-7+. The lowest BCUT2D eigenvalue weighted by atomic mass is 10.2. The minimum absolute atomic E-state index is 0.0100. The summed E-state index contributed by atoms with van der Waals surface area (Å²) in [5, 5.41) is 2.83. The number of benzene rings is 1. The van der Waals surface area contributed by atoms with Crippen LogP contribution in [-0.4, -0.2) is 37.1 Å². The highest BCUT2D eigenvalue weighted by atomic mass is 19.4. The molecule has 7 nitrogen and oxygen atoms in total. The van der Waals surface area contributed by atoms with E-state index in [0.717, 1.165) is 12.8 Å². The first-order valence-corrected chi connectivity index (χ1v) is 8.63. The number of nitrogens with zero attached hydrogens (tertiary/aromatic N) is 1. The third-order valence-electron chi connectivity index (χ3n) is 3.82. The van der Waals surface area contributed by atoms with Crippen molar-refractivity contribution < 1.29 is 27.4 Å². The topological polar surface area (TPSA) is 103 Å². The number of amides is 1. The van der Waals surface area contributed by atoms with Crippen LogP contribution in [0.4, 0.5) is 13.2 Å². The molecular weight excluding hydrogens is 377 g/mol. The number of alkyl halides is 3. The van der Waals surface area contributed by atoms with Crippen LogP contribution in [0.2, 0.25) is 0 Å². The van der Waals surface area contributed by atoms with E-state index in [1.807, 2.05) is 0 Å². The van der Waals surface area contributed by atoms with E-state index in [4.69, 9.17) is 16.2 Å². The molecule has 1 amide bonds. The Morgan fingerprint density at radius 2 is 2.07 bits per heavy atom. The highest BCUT2D eigenvalue weighted by Gasteiger charge is 2.31. The van der Waals surface area contributed by atoms with Crippen LogP contribution in [0.25, 0.3) is 0 Å². The van der Waals surface area contributed by atoms with Crippen molar-refractivity contribution in [3.8, 4) is 5.75 Å². The van der Waals surface area contributed by atoms with Crippen LogP contribution in [0.1, 0.15) is 18.4 Å². The van der Waals surface area contributed by atoms with Gasteiger partial charge in [0.05, 0.1) is 11.5 Å². The molecule has 10 heteroatoms. The summed E-state index contributed by atoms with van der Waals surface area (Å²) >= 11 is 0. The van der Waals surface area contributed by atoms with Gasteiger partial charge in [-0.1, -0.05) is 12.1 Å². The third kappa shape index (κ3) is 7.39. The molecule has 0 aliphatic carbocycles. The van der Waals surface area contributed by atoms with E-state index in [0.29, 0.717) is 18.7 Å². The van der Waals surface area contributed by atoms with Crippen LogP contribution >= 0.6 is 0 Å². The monoisotopic (exact) mass is 400 g/mol. The van der Waals surface area contributed by atoms with Crippen LogP contribution in [0.15, 0.2) is 47.9 Å². The molecule has 0 aromatic heterocycles. The van der Waals surface area contributed by atoms with E-state index in [-0.39, 0.29) is 36.5 Å². The number of hydrogen-bond acceptors (Lipinski definition) is 6. The Hall–Kier alpha value is -2.88. The molecule has 28 heavy (non-hydrogen) atoms. The van der Waals surface area contributed by atoms with Crippen molar-refractivity contribution in [3.05, 3.63) is 53.5 Å². The predicted octanol–water partition coefficient (Wildman–Crippen LogP) is 1.91. The first-order chi connectivity index (χ1) is 13.2. The van der Waals surface area contributed by atoms with Crippen molar-refractivity contribution in [2.75, 3.05) is 19.9 Å². The Bertz CT molecular complexity index is 727. The number of rotatable bonds is 6. The van der Waals surface area contributed by atoms with Crippen LogP contribution in [0.3, 0.4) is 0 Å². The lowest BCUT2D eigenvalue weighted by Gasteiger charge is -2.19. The zero-order valence-corrected chi connectivity index (χ0v) is 15.2. The van der Waals surface area contributed by atoms with Gasteiger partial charge in [0.1, 0.15) is 12.5 Å². The fraction of sp³-hybridized carbons (Fsp3) is 0.389. The maximum atomic E-state index is 12.3. The van der Waals surface area contributed by atoms with Crippen molar-refractivity contribution in [2.45, 2.75) is 25.7 Å². The van der Waals surface area contributed by atoms with Crippen molar-refractivity contribution in [3.63, 3.8) is 0 Å². The molecule has 154 valence electrons. The number of ether oxygens (including phenoxy) is 2. The Morgan fingerprint density at radius 1 is 1.29 bits per heavy atom. The lowest BCUT2D eigenvalue weighted by molar-refractivity contribution is -0.274. The van der Waals surface area contributed by atoms with E-state index in [1.54, 1.807) is 6.07 Å². The van der Waals surface area contributed by atoms with Gasteiger partial charge in [-0.15, -0.1) is 13.2 Å². The molecule has 1 fully saturated rings. The Morgan fingerprint density at radius 3 is 2.82 bits per heavy atom. The highest BCUT2D eigenvalue weighted by Crippen LogP contribution is 2.23. The number of carbonyl (C=O) groups is 1.